The Morgan fingerprint density at radius 1 is 1.35 bits per heavy atom. The fourth-order valence-corrected chi connectivity index (χ4v) is 2.87. The Morgan fingerprint density at radius 3 is 2.95 bits per heavy atom. The summed E-state index contributed by atoms with van der Waals surface area (Å²) in [6.07, 6.45) is 3.35. The molecule has 1 aromatic heterocycles. The Bertz CT molecular complexity index is 609. The first-order valence-electron chi connectivity index (χ1n) is 6.87. The number of anilines is 1. The standard InChI is InChI=1S/C14H19N5O/c1-9-12(4-3-5-13(9)15)14-16-17-18-19(14)10-6-7-11(8-10)20-2/h3-5,10-11H,6-8,15H2,1-2H3. The average Bonchev–Trinajstić information content (AvgIpc) is 3.09. The fourth-order valence-electron chi connectivity index (χ4n) is 2.87. The van der Waals surface area contributed by atoms with Gasteiger partial charge in [0.15, 0.2) is 5.82 Å². The number of tetrazole rings is 1. The van der Waals surface area contributed by atoms with Crippen molar-refractivity contribution in [2.45, 2.75) is 38.3 Å². The number of aromatic nitrogens is 4. The smallest absolute Gasteiger partial charge is 0.182 e. The Labute approximate surface area is 117 Å². The van der Waals surface area contributed by atoms with Gasteiger partial charge in [-0.1, -0.05) is 12.1 Å². The molecule has 2 N–H and O–H groups in total. The van der Waals surface area contributed by atoms with E-state index in [-0.39, 0.29) is 0 Å². The molecule has 106 valence electrons. The van der Waals surface area contributed by atoms with Gasteiger partial charge in [-0.05, 0) is 48.2 Å². The van der Waals surface area contributed by atoms with Gasteiger partial charge >= 0.3 is 0 Å². The molecule has 0 saturated heterocycles. The van der Waals surface area contributed by atoms with Crippen molar-refractivity contribution in [2.75, 3.05) is 12.8 Å². The molecule has 0 spiro atoms. The maximum atomic E-state index is 5.98. The van der Waals surface area contributed by atoms with Gasteiger partial charge in [-0.15, -0.1) is 5.10 Å². The van der Waals surface area contributed by atoms with Crippen molar-refractivity contribution in [1.29, 1.82) is 0 Å². The fraction of sp³-hybridized carbons (Fsp3) is 0.500. The number of ether oxygens (including phenoxy) is 1. The third kappa shape index (κ3) is 2.16. The number of nitrogens with zero attached hydrogens (tertiary/aromatic N) is 4. The maximum absolute atomic E-state index is 5.98. The van der Waals surface area contributed by atoms with E-state index in [9.17, 15) is 0 Å². The van der Waals surface area contributed by atoms with Crippen LogP contribution in [-0.2, 0) is 4.74 Å². The van der Waals surface area contributed by atoms with Crippen LogP contribution in [0.2, 0.25) is 0 Å². The first-order valence-corrected chi connectivity index (χ1v) is 6.87. The molecule has 1 heterocycles. The van der Waals surface area contributed by atoms with Crippen molar-refractivity contribution < 1.29 is 4.74 Å². The van der Waals surface area contributed by atoms with E-state index in [1.807, 2.05) is 29.8 Å². The highest BCUT2D eigenvalue weighted by molar-refractivity contribution is 5.67. The molecule has 0 radical (unpaired) electrons. The first-order chi connectivity index (χ1) is 9.70. The molecule has 1 fully saturated rings. The zero-order chi connectivity index (χ0) is 14.1. The van der Waals surface area contributed by atoms with Gasteiger partial charge in [-0.25, -0.2) is 4.68 Å². The second-order valence-electron chi connectivity index (χ2n) is 5.29. The summed E-state index contributed by atoms with van der Waals surface area (Å²) in [7, 11) is 1.76. The maximum Gasteiger partial charge on any atom is 0.182 e. The summed E-state index contributed by atoms with van der Waals surface area (Å²) in [5.74, 6) is 0.788. The second kappa shape index (κ2) is 5.20. The van der Waals surface area contributed by atoms with Crippen LogP contribution in [-0.4, -0.2) is 33.4 Å². The molecule has 20 heavy (non-hydrogen) atoms. The SMILES string of the molecule is COC1CCC(n2nnnc2-c2cccc(N)c2C)C1. The molecule has 2 aromatic rings. The Kier molecular flexibility index (Phi) is 3.40. The Hall–Kier alpha value is -1.95. The van der Waals surface area contributed by atoms with E-state index >= 15 is 0 Å². The highest BCUT2D eigenvalue weighted by atomic mass is 16.5. The van der Waals surface area contributed by atoms with Crippen LogP contribution in [0, 0.1) is 6.92 Å². The van der Waals surface area contributed by atoms with Gasteiger partial charge in [0.25, 0.3) is 0 Å². The van der Waals surface area contributed by atoms with E-state index < -0.39 is 0 Å². The van der Waals surface area contributed by atoms with Crippen LogP contribution in [0.15, 0.2) is 18.2 Å². The lowest BCUT2D eigenvalue weighted by atomic mass is 10.1. The number of methoxy groups -OCH3 is 1. The number of hydrogen-bond donors (Lipinski definition) is 1. The van der Waals surface area contributed by atoms with Crippen LogP contribution in [0.5, 0.6) is 0 Å². The third-order valence-corrected chi connectivity index (χ3v) is 4.15. The van der Waals surface area contributed by atoms with Gasteiger partial charge in [0.2, 0.25) is 0 Å². The van der Waals surface area contributed by atoms with Gasteiger partial charge in [0.1, 0.15) is 0 Å². The minimum atomic E-state index is 0.297. The first kappa shape index (κ1) is 13.1. The zero-order valence-electron chi connectivity index (χ0n) is 11.8. The van der Waals surface area contributed by atoms with Gasteiger partial charge in [0.05, 0.1) is 12.1 Å². The van der Waals surface area contributed by atoms with E-state index in [0.29, 0.717) is 12.1 Å². The van der Waals surface area contributed by atoms with E-state index in [1.165, 1.54) is 0 Å². The normalized spacial score (nSPS) is 22.3. The summed E-state index contributed by atoms with van der Waals surface area (Å²) in [5.41, 5.74) is 8.75. The molecule has 2 atom stereocenters. The zero-order valence-corrected chi connectivity index (χ0v) is 11.8. The summed E-state index contributed by atoms with van der Waals surface area (Å²) in [6, 6.07) is 6.13. The van der Waals surface area contributed by atoms with E-state index in [4.69, 9.17) is 10.5 Å². The van der Waals surface area contributed by atoms with Crippen LogP contribution < -0.4 is 5.73 Å². The van der Waals surface area contributed by atoms with Crippen molar-refractivity contribution in [3.8, 4) is 11.4 Å². The molecular weight excluding hydrogens is 254 g/mol. The molecular formula is C14H19N5O. The number of hydrogen-bond acceptors (Lipinski definition) is 5. The number of nitrogens with two attached hydrogens (primary N) is 1. The van der Waals surface area contributed by atoms with E-state index in [1.54, 1.807) is 7.11 Å². The second-order valence-corrected chi connectivity index (χ2v) is 5.29. The van der Waals surface area contributed by atoms with Crippen LogP contribution in [0.3, 0.4) is 0 Å². The molecule has 1 aliphatic rings. The van der Waals surface area contributed by atoms with Crippen molar-refractivity contribution in [3.63, 3.8) is 0 Å². The largest absolute Gasteiger partial charge is 0.398 e. The average molecular weight is 273 g/mol. The molecule has 0 bridgehead atoms. The van der Waals surface area contributed by atoms with Crippen LogP contribution in [0.4, 0.5) is 5.69 Å². The lowest BCUT2D eigenvalue weighted by Crippen LogP contribution is -2.12. The minimum Gasteiger partial charge on any atom is -0.398 e. The van der Waals surface area contributed by atoms with Gasteiger partial charge in [-0.3, -0.25) is 0 Å². The van der Waals surface area contributed by atoms with Crippen LogP contribution >= 0.6 is 0 Å². The highest BCUT2D eigenvalue weighted by Crippen LogP contribution is 2.34. The summed E-state index contributed by atoms with van der Waals surface area (Å²) in [6.45, 7) is 2.00. The van der Waals surface area contributed by atoms with E-state index in [2.05, 4.69) is 15.5 Å². The van der Waals surface area contributed by atoms with Crippen molar-refractivity contribution in [3.05, 3.63) is 23.8 Å². The van der Waals surface area contributed by atoms with Crippen molar-refractivity contribution in [2.24, 2.45) is 0 Å². The molecule has 2 unspecified atom stereocenters. The monoisotopic (exact) mass is 273 g/mol. The topological polar surface area (TPSA) is 78.8 Å². The number of benzene rings is 1. The van der Waals surface area contributed by atoms with Gasteiger partial charge < -0.3 is 10.5 Å². The molecule has 3 rings (SSSR count). The molecule has 1 aromatic carbocycles. The molecule has 6 heteroatoms. The van der Waals surface area contributed by atoms with Crippen LogP contribution in [0.1, 0.15) is 30.9 Å². The summed E-state index contributed by atoms with van der Waals surface area (Å²) in [5, 5.41) is 12.2. The van der Waals surface area contributed by atoms with E-state index in [0.717, 1.165) is 41.9 Å². The molecule has 1 saturated carbocycles. The lowest BCUT2D eigenvalue weighted by Gasteiger charge is -2.14. The number of nitrogen functional groups attached to an aromatic ring is 1. The highest BCUT2D eigenvalue weighted by Gasteiger charge is 2.29. The number of rotatable bonds is 3. The summed E-state index contributed by atoms with van der Waals surface area (Å²) >= 11 is 0. The third-order valence-electron chi connectivity index (χ3n) is 4.15. The van der Waals surface area contributed by atoms with Gasteiger partial charge in [0, 0.05) is 18.4 Å². The molecule has 1 aliphatic carbocycles. The predicted molar refractivity (Wildman–Crippen MR) is 76.1 cm³/mol. The Balaban J connectivity index is 1.96. The van der Waals surface area contributed by atoms with Crippen molar-refractivity contribution in [1.82, 2.24) is 20.2 Å². The molecule has 0 aliphatic heterocycles. The Morgan fingerprint density at radius 2 is 2.20 bits per heavy atom. The van der Waals surface area contributed by atoms with Crippen molar-refractivity contribution >= 4 is 5.69 Å². The van der Waals surface area contributed by atoms with Gasteiger partial charge in [-0.2, -0.15) is 0 Å². The lowest BCUT2D eigenvalue weighted by molar-refractivity contribution is 0.105. The minimum absolute atomic E-state index is 0.297. The summed E-state index contributed by atoms with van der Waals surface area (Å²) < 4.78 is 7.34. The summed E-state index contributed by atoms with van der Waals surface area (Å²) in [4.78, 5) is 0. The predicted octanol–water partition coefficient (Wildman–Crippen LogP) is 1.97. The molecule has 6 nitrogen and oxygen atoms in total. The van der Waals surface area contributed by atoms with Crippen LogP contribution in [0.25, 0.3) is 11.4 Å². The molecule has 0 amide bonds. The quantitative estimate of drug-likeness (QED) is 0.865.